The average Bonchev–Trinajstić information content (AvgIpc) is 2.00. The molecule has 0 aromatic heterocycles. The molecule has 0 saturated carbocycles. The molecule has 0 aromatic carbocycles. The molecule has 0 amide bonds. The van der Waals surface area contributed by atoms with E-state index in [1.54, 1.807) is 7.05 Å². The second-order valence-corrected chi connectivity index (χ2v) is 5.77. The number of nitrogens with zero attached hydrogens (tertiary/aromatic N) is 1. The fourth-order valence-corrected chi connectivity index (χ4v) is 2.23. The van der Waals surface area contributed by atoms with Crippen LogP contribution in [0.15, 0.2) is 0 Å². The van der Waals surface area contributed by atoms with Crippen LogP contribution in [-0.4, -0.2) is 31.0 Å². The molecule has 0 atom stereocenters. The highest BCUT2D eigenvalue weighted by molar-refractivity contribution is 9.10. The Hall–Kier alpha value is 0.390. The Morgan fingerprint density at radius 3 is 2.36 bits per heavy atom. The van der Waals surface area contributed by atoms with Crippen molar-refractivity contribution >= 4 is 26.0 Å². The van der Waals surface area contributed by atoms with Crippen LogP contribution in [0.1, 0.15) is 19.8 Å². The quantitative estimate of drug-likeness (QED) is 0.685. The Balaban J connectivity index is 3.93. The molecule has 0 radical (unpaired) electrons. The molecule has 11 heavy (non-hydrogen) atoms. The Kier molecular flexibility index (Phi) is 5.29. The van der Waals surface area contributed by atoms with Crippen LogP contribution < -0.4 is 0 Å². The van der Waals surface area contributed by atoms with E-state index in [-0.39, 0.29) is 4.66 Å². The normalized spacial score (nSPS) is 12.4. The van der Waals surface area contributed by atoms with Crippen molar-refractivity contribution in [2.45, 2.75) is 19.8 Å². The maximum Gasteiger partial charge on any atom is 0.223 e. The van der Waals surface area contributed by atoms with Gasteiger partial charge in [0.1, 0.15) is 4.66 Å². The van der Waals surface area contributed by atoms with E-state index in [1.807, 2.05) is 6.92 Å². The van der Waals surface area contributed by atoms with E-state index in [4.69, 9.17) is 0 Å². The monoisotopic (exact) mass is 243 g/mol. The van der Waals surface area contributed by atoms with Crippen molar-refractivity contribution in [1.82, 2.24) is 4.31 Å². The Morgan fingerprint density at radius 1 is 1.45 bits per heavy atom. The van der Waals surface area contributed by atoms with E-state index >= 15 is 0 Å². The van der Waals surface area contributed by atoms with Crippen LogP contribution in [0.3, 0.4) is 0 Å². The maximum absolute atomic E-state index is 11.1. The van der Waals surface area contributed by atoms with Gasteiger partial charge in [0.15, 0.2) is 0 Å². The van der Waals surface area contributed by atoms with Gasteiger partial charge in [0.25, 0.3) is 0 Å². The molecule has 0 aromatic rings. The Labute approximate surface area is 77.0 Å². The lowest BCUT2D eigenvalue weighted by molar-refractivity contribution is 0.463. The van der Waals surface area contributed by atoms with Crippen LogP contribution in [0, 0.1) is 0 Å². The van der Waals surface area contributed by atoms with Crippen LogP contribution in [-0.2, 0) is 10.0 Å². The molecule has 0 aliphatic rings. The lowest BCUT2D eigenvalue weighted by atomic mass is 10.3. The summed E-state index contributed by atoms with van der Waals surface area (Å²) in [5.41, 5.74) is 0. The molecule has 68 valence electrons. The van der Waals surface area contributed by atoms with Crippen LogP contribution in [0.2, 0.25) is 0 Å². The number of halogens is 1. The van der Waals surface area contributed by atoms with Crippen LogP contribution >= 0.6 is 15.9 Å². The fourth-order valence-electron chi connectivity index (χ4n) is 0.603. The number of alkyl halides is 1. The third-order valence-corrected chi connectivity index (χ3v) is 4.58. The summed E-state index contributed by atoms with van der Waals surface area (Å²) in [7, 11) is -1.42. The molecular weight excluding hydrogens is 230 g/mol. The third kappa shape index (κ3) is 4.08. The number of unbranched alkanes of at least 4 members (excludes halogenated alkanes) is 1. The van der Waals surface area contributed by atoms with Crippen molar-refractivity contribution < 1.29 is 8.42 Å². The second kappa shape index (κ2) is 5.11. The lowest BCUT2D eigenvalue weighted by Gasteiger charge is -2.14. The van der Waals surface area contributed by atoms with E-state index in [0.717, 1.165) is 12.8 Å². The largest absolute Gasteiger partial charge is 0.223 e. The van der Waals surface area contributed by atoms with Crippen LogP contribution in [0.25, 0.3) is 0 Å². The molecular formula is C6H14BrNO2S. The Morgan fingerprint density at radius 2 is 2.00 bits per heavy atom. The minimum atomic E-state index is -3.02. The van der Waals surface area contributed by atoms with Crippen molar-refractivity contribution in [2.24, 2.45) is 0 Å². The van der Waals surface area contributed by atoms with Gasteiger partial charge in [-0.05, 0) is 6.42 Å². The molecule has 0 aliphatic carbocycles. The summed E-state index contributed by atoms with van der Waals surface area (Å²) in [4.78, 5) is 0. The smallest absolute Gasteiger partial charge is 0.211 e. The zero-order valence-electron chi connectivity index (χ0n) is 6.88. The van der Waals surface area contributed by atoms with Gasteiger partial charge in [-0.25, -0.2) is 12.7 Å². The molecule has 0 fully saturated rings. The predicted octanol–water partition coefficient (Wildman–Crippen LogP) is 1.40. The van der Waals surface area contributed by atoms with E-state index in [9.17, 15) is 8.42 Å². The van der Waals surface area contributed by atoms with Crippen molar-refractivity contribution in [1.29, 1.82) is 0 Å². The molecule has 0 heterocycles. The molecule has 0 N–H and O–H groups in total. The lowest BCUT2D eigenvalue weighted by Crippen LogP contribution is -2.28. The predicted molar refractivity (Wildman–Crippen MR) is 50.3 cm³/mol. The standard InChI is InChI=1S/C6H14BrNO2S/c1-3-4-5-8(2)11(9,10)6-7/h3-6H2,1-2H3. The first-order valence-electron chi connectivity index (χ1n) is 3.54. The molecule has 0 spiro atoms. The van der Waals surface area contributed by atoms with Crippen LogP contribution in [0.4, 0.5) is 0 Å². The zero-order valence-corrected chi connectivity index (χ0v) is 9.28. The second-order valence-electron chi connectivity index (χ2n) is 2.40. The van der Waals surface area contributed by atoms with Gasteiger partial charge in [-0.1, -0.05) is 29.3 Å². The molecule has 0 aliphatic heterocycles. The first kappa shape index (κ1) is 11.4. The summed E-state index contributed by atoms with van der Waals surface area (Å²) < 4.78 is 23.6. The molecule has 0 bridgehead atoms. The zero-order chi connectivity index (χ0) is 8.91. The molecule has 0 rings (SSSR count). The first-order chi connectivity index (χ1) is 5.04. The third-order valence-electron chi connectivity index (χ3n) is 1.44. The van der Waals surface area contributed by atoms with Crippen molar-refractivity contribution in [3.05, 3.63) is 0 Å². The first-order valence-corrected chi connectivity index (χ1v) is 6.27. The van der Waals surface area contributed by atoms with Gasteiger partial charge in [-0.15, -0.1) is 0 Å². The van der Waals surface area contributed by atoms with E-state index in [2.05, 4.69) is 15.9 Å². The number of hydrogen-bond acceptors (Lipinski definition) is 2. The van der Waals surface area contributed by atoms with Gasteiger partial charge in [0.05, 0.1) is 0 Å². The molecule has 3 nitrogen and oxygen atoms in total. The van der Waals surface area contributed by atoms with E-state index in [1.165, 1.54) is 4.31 Å². The molecule has 0 unspecified atom stereocenters. The van der Waals surface area contributed by atoms with Crippen LogP contribution in [0.5, 0.6) is 0 Å². The number of hydrogen-bond donors (Lipinski definition) is 0. The molecule has 0 saturated heterocycles. The SMILES string of the molecule is CCCCN(C)S(=O)(=O)CBr. The fraction of sp³-hybridized carbons (Fsp3) is 1.00. The average molecular weight is 244 g/mol. The summed E-state index contributed by atoms with van der Waals surface area (Å²) in [6.07, 6.45) is 1.94. The van der Waals surface area contributed by atoms with E-state index < -0.39 is 10.0 Å². The van der Waals surface area contributed by atoms with Gasteiger partial charge < -0.3 is 0 Å². The van der Waals surface area contributed by atoms with Gasteiger partial charge in [0.2, 0.25) is 10.0 Å². The minimum Gasteiger partial charge on any atom is -0.211 e. The summed E-state index contributed by atoms with van der Waals surface area (Å²) in [6, 6.07) is 0. The summed E-state index contributed by atoms with van der Waals surface area (Å²) >= 11 is 2.93. The number of sulfonamides is 1. The Bertz CT molecular complexity index is 191. The summed E-state index contributed by atoms with van der Waals surface area (Å²) in [6.45, 7) is 2.65. The van der Waals surface area contributed by atoms with Gasteiger partial charge in [-0.3, -0.25) is 0 Å². The summed E-state index contributed by atoms with van der Waals surface area (Å²) in [5.74, 6) is 0. The topological polar surface area (TPSA) is 37.4 Å². The van der Waals surface area contributed by atoms with Gasteiger partial charge >= 0.3 is 0 Å². The number of rotatable bonds is 5. The highest BCUT2D eigenvalue weighted by atomic mass is 79.9. The van der Waals surface area contributed by atoms with Gasteiger partial charge in [0, 0.05) is 13.6 Å². The van der Waals surface area contributed by atoms with Crippen molar-refractivity contribution in [3.63, 3.8) is 0 Å². The minimum absolute atomic E-state index is 0.0141. The van der Waals surface area contributed by atoms with Crippen molar-refractivity contribution in [2.75, 3.05) is 18.3 Å². The summed E-state index contributed by atoms with van der Waals surface area (Å²) in [5, 5.41) is 0. The molecule has 5 heteroatoms. The highest BCUT2D eigenvalue weighted by Crippen LogP contribution is 2.03. The van der Waals surface area contributed by atoms with E-state index in [0.29, 0.717) is 6.54 Å². The maximum atomic E-state index is 11.1. The van der Waals surface area contributed by atoms with Gasteiger partial charge in [-0.2, -0.15) is 0 Å². The highest BCUT2D eigenvalue weighted by Gasteiger charge is 2.14. The van der Waals surface area contributed by atoms with Crippen molar-refractivity contribution in [3.8, 4) is 0 Å².